The van der Waals surface area contributed by atoms with Gasteiger partial charge in [-0.3, -0.25) is 14.2 Å². The van der Waals surface area contributed by atoms with Crippen LogP contribution in [0.3, 0.4) is 0 Å². The molecule has 0 radical (unpaired) electrons. The van der Waals surface area contributed by atoms with Crippen molar-refractivity contribution in [2.75, 3.05) is 0 Å². The summed E-state index contributed by atoms with van der Waals surface area (Å²) in [6.07, 6.45) is 2.10. The number of rotatable bonds is 6. The summed E-state index contributed by atoms with van der Waals surface area (Å²) in [6.45, 7) is 0.105. The van der Waals surface area contributed by atoms with E-state index in [0.717, 1.165) is 23.8 Å². The van der Waals surface area contributed by atoms with Gasteiger partial charge in [0.2, 0.25) is 5.91 Å². The Hall–Kier alpha value is -3.81. The van der Waals surface area contributed by atoms with E-state index in [-0.39, 0.29) is 30.4 Å². The van der Waals surface area contributed by atoms with Crippen LogP contribution in [-0.4, -0.2) is 20.6 Å². The second-order valence-corrected chi connectivity index (χ2v) is 7.63. The van der Waals surface area contributed by atoms with Crippen LogP contribution in [0.5, 0.6) is 0 Å². The van der Waals surface area contributed by atoms with Crippen LogP contribution in [0.25, 0.3) is 22.4 Å². The summed E-state index contributed by atoms with van der Waals surface area (Å²) in [5.41, 5.74) is 1.60. The zero-order chi connectivity index (χ0) is 21.4. The molecule has 1 N–H and O–H groups in total. The van der Waals surface area contributed by atoms with Crippen molar-refractivity contribution in [3.05, 3.63) is 82.2 Å². The standard InChI is InChI=1S/C23H19FN4O3/c24-16-9-5-14(6-10-16)12-25-20(29)13-28-19-4-2-1-3-17(19)18(11-21(28)30)23-26-22(27-31-23)15-7-8-15/h1-6,9-11,15H,7-8,12-13H2,(H,25,29). The Morgan fingerprint density at radius 1 is 1.16 bits per heavy atom. The van der Waals surface area contributed by atoms with Crippen molar-refractivity contribution >= 4 is 16.8 Å². The van der Waals surface area contributed by atoms with E-state index in [9.17, 15) is 14.0 Å². The first-order valence-electron chi connectivity index (χ1n) is 10.1. The molecule has 7 nitrogen and oxygen atoms in total. The lowest BCUT2D eigenvalue weighted by atomic mass is 10.1. The number of nitrogens with zero attached hydrogens (tertiary/aromatic N) is 3. The number of hydrogen-bond acceptors (Lipinski definition) is 5. The van der Waals surface area contributed by atoms with Gasteiger partial charge >= 0.3 is 0 Å². The fourth-order valence-corrected chi connectivity index (χ4v) is 3.53. The van der Waals surface area contributed by atoms with Gasteiger partial charge in [-0.2, -0.15) is 4.98 Å². The lowest BCUT2D eigenvalue weighted by Gasteiger charge is -2.12. The van der Waals surface area contributed by atoms with E-state index in [2.05, 4.69) is 15.5 Å². The number of nitrogens with one attached hydrogen (secondary N) is 1. The molecule has 0 unspecified atom stereocenters. The molecule has 1 amide bonds. The fourth-order valence-electron chi connectivity index (χ4n) is 3.53. The Morgan fingerprint density at radius 3 is 2.71 bits per heavy atom. The van der Waals surface area contributed by atoms with E-state index < -0.39 is 0 Å². The lowest BCUT2D eigenvalue weighted by molar-refractivity contribution is -0.121. The van der Waals surface area contributed by atoms with E-state index >= 15 is 0 Å². The summed E-state index contributed by atoms with van der Waals surface area (Å²) >= 11 is 0. The van der Waals surface area contributed by atoms with Crippen LogP contribution in [0.15, 0.2) is 63.9 Å². The number of aromatic nitrogens is 3. The highest BCUT2D eigenvalue weighted by Crippen LogP contribution is 2.39. The number of carbonyl (C=O) groups excluding carboxylic acids is 1. The highest BCUT2D eigenvalue weighted by atomic mass is 19.1. The molecule has 2 heterocycles. The molecule has 5 rings (SSSR count). The third-order valence-corrected chi connectivity index (χ3v) is 5.34. The molecule has 8 heteroatoms. The van der Waals surface area contributed by atoms with Gasteiger partial charge in [-0.05, 0) is 36.6 Å². The van der Waals surface area contributed by atoms with Crippen molar-refractivity contribution in [2.45, 2.75) is 31.8 Å². The maximum absolute atomic E-state index is 13.0. The molecule has 2 aromatic heterocycles. The SMILES string of the molecule is O=C(Cn1c(=O)cc(-c2nc(C3CC3)no2)c2ccccc21)NCc1ccc(F)cc1. The first-order chi connectivity index (χ1) is 15.1. The maximum atomic E-state index is 13.0. The second-order valence-electron chi connectivity index (χ2n) is 7.63. The number of benzene rings is 2. The summed E-state index contributed by atoms with van der Waals surface area (Å²) in [4.78, 5) is 29.8. The molecule has 156 valence electrons. The van der Waals surface area contributed by atoms with Gasteiger partial charge in [0.1, 0.15) is 12.4 Å². The van der Waals surface area contributed by atoms with Crippen molar-refractivity contribution in [1.29, 1.82) is 0 Å². The number of fused-ring (bicyclic) bond motifs is 1. The van der Waals surface area contributed by atoms with Gasteiger partial charge in [-0.1, -0.05) is 35.5 Å². The first-order valence-corrected chi connectivity index (χ1v) is 10.1. The minimum atomic E-state index is -0.336. The number of para-hydroxylation sites is 1. The topological polar surface area (TPSA) is 90.0 Å². The Bertz CT molecular complexity index is 1320. The molecule has 1 aliphatic carbocycles. The van der Waals surface area contributed by atoms with E-state index in [4.69, 9.17) is 4.52 Å². The van der Waals surface area contributed by atoms with E-state index in [0.29, 0.717) is 28.7 Å². The van der Waals surface area contributed by atoms with E-state index in [1.54, 1.807) is 18.2 Å². The minimum absolute atomic E-state index is 0.141. The molecule has 1 fully saturated rings. The molecule has 1 saturated carbocycles. The smallest absolute Gasteiger partial charge is 0.258 e. The molecule has 0 saturated heterocycles. The van der Waals surface area contributed by atoms with Crippen LogP contribution in [0.2, 0.25) is 0 Å². The number of amides is 1. The molecule has 0 atom stereocenters. The highest BCUT2D eigenvalue weighted by Gasteiger charge is 2.29. The average Bonchev–Trinajstić information content (AvgIpc) is 3.52. The Morgan fingerprint density at radius 2 is 1.94 bits per heavy atom. The maximum Gasteiger partial charge on any atom is 0.258 e. The zero-order valence-electron chi connectivity index (χ0n) is 16.5. The van der Waals surface area contributed by atoms with Crippen LogP contribution in [0.1, 0.15) is 30.1 Å². The second kappa shape index (κ2) is 7.79. The van der Waals surface area contributed by atoms with Crippen LogP contribution < -0.4 is 10.9 Å². The molecule has 4 aromatic rings. The van der Waals surface area contributed by atoms with Crippen LogP contribution in [0, 0.1) is 5.82 Å². The average molecular weight is 418 g/mol. The minimum Gasteiger partial charge on any atom is -0.350 e. The molecular weight excluding hydrogens is 399 g/mol. The third-order valence-electron chi connectivity index (χ3n) is 5.34. The van der Waals surface area contributed by atoms with Crippen LogP contribution in [0.4, 0.5) is 4.39 Å². The molecule has 31 heavy (non-hydrogen) atoms. The van der Waals surface area contributed by atoms with Gasteiger partial charge in [0.25, 0.3) is 11.4 Å². The van der Waals surface area contributed by atoms with E-state index in [1.807, 2.05) is 18.2 Å². The molecular formula is C23H19FN4O3. The van der Waals surface area contributed by atoms with Crippen molar-refractivity contribution < 1.29 is 13.7 Å². The summed E-state index contributed by atoms with van der Waals surface area (Å²) in [6, 6.07) is 14.6. The predicted octanol–water partition coefficient (Wildman–Crippen LogP) is 3.38. The number of pyridine rings is 1. The monoisotopic (exact) mass is 418 g/mol. The molecule has 0 aliphatic heterocycles. The van der Waals surface area contributed by atoms with Crippen LogP contribution >= 0.6 is 0 Å². The number of hydrogen-bond donors (Lipinski definition) is 1. The number of carbonyl (C=O) groups is 1. The molecule has 2 aromatic carbocycles. The quantitative estimate of drug-likeness (QED) is 0.518. The normalized spacial score (nSPS) is 13.5. The summed E-state index contributed by atoms with van der Waals surface area (Å²) in [7, 11) is 0. The van der Waals surface area contributed by atoms with E-state index in [1.165, 1.54) is 22.8 Å². The van der Waals surface area contributed by atoms with Crippen molar-refractivity contribution in [1.82, 2.24) is 20.0 Å². The van der Waals surface area contributed by atoms with Gasteiger partial charge in [0.05, 0.1) is 11.1 Å². The Kier molecular flexibility index (Phi) is 4.82. The first kappa shape index (κ1) is 19.2. The highest BCUT2D eigenvalue weighted by molar-refractivity contribution is 5.93. The third kappa shape index (κ3) is 3.96. The van der Waals surface area contributed by atoms with Gasteiger partial charge in [0.15, 0.2) is 5.82 Å². The Balaban J connectivity index is 1.42. The van der Waals surface area contributed by atoms with Crippen molar-refractivity contribution in [3.63, 3.8) is 0 Å². The van der Waals surface area contributed by atoms with Gasteiger partial charge in [-0.15, -0.1) is 0 Å². The summed E-state index contributed by atoms with van der Waals surface area (Å²) < 4.78 is 19.9. The van der Waals surface area contributed by atoms with Crippen molar-refractivity contribution in [2.24, 2.45) is 0 Å². The van der Waals surface area contributed by atoms with Crippen molar-refractivity contribution in [3.8, 4) is 11.5 Å². The Labute approximate surface area is 176 Å². The molecule has 0 bridgehead atoms. The largest absolute Gasteiger partial charge is 0.350 e. The fraction of sp³-hybridized carbons (Fsp3) is 0.217. The zero-order valence-corrected chi connectivity index (χ0v) is 16.5. The van der Waals surface area contributed by atoms with Gasteiger partial charge in [0, 0.05) is 23.9 Å². The molecule has 0 spiro atoms. The summed E-state index contributed by atoms with van der Waals surface area (Å²) in [5.74, 6) is 0.664. The van der Waals surface area contributed by atoms with Gasteiger partial charge < -0.3 is 9.84 Å². The van der Waals surface area contributed by atoms with Crippen LogP contribution in [-0.2, 0) is 17.9 Å². The summed E-state index contributed by atoms with van der Waals surface area (Å²) in [5, 5.41) is 7.55. The number of halogens is 1. The predicted molar refractivity (Wildman–Crippen MR) is 112 cm³/mol. The lowest BCUT2D eigenvalue weighted by Crippen LogP contribution is -2.32. The van der Waals surface area contributed by atoms with Gasteiger partial charge in [-0.25, -0.2) is 4.39 Å². The molecule has 1 aliphatic rings.